The van der Waals surface area contributed by atoms with Crippen LogP contribution in [0.15, 0.2) is 42.5 Å². The average Bonchev–Trinajstić information content (AvgIpc) is 2.74. The minimum Gasteiger partial charge on any atom is -0.497 e. The Kier molecular flexibility index (Phi) is 7.90. The van der Waals surface area contributed by atoms with Crippen LogP contribution in [0.1, 0.15) is 15.9 Å². The van der Waals surface area contributed by atoms with Crippen LogP contribution < -0.4 is 24.8 Å². The van der Waals surface area contributed by atoms with Crippen LogP contribution in [0, 0.1) is 0 Å². The largest absolute Gasteiger partial charge is 0.497 e. The third-order valence-corrected chi connectivity index (χ3v) is 3.84. The first-order valence-corrected chi connectivity index (χ1v) is 8.76. The fraction of sp³-hybridized carbons (Fsp3) is 0.300. The molecule has 0 fully saturated rings. The fourth-order valence-corrected chi connectivity index (χ4v) is 2.33. The Balaban J connectivity index is 1.80. The summed E-state index contributed by atoms with van der Waals surface area (Å²) in [5.41, 5.74) is 0.931. The summed E-state index contributed by atoms with van der Waals surface area (Å²) in [6, 6.07) is 10.5. The SMILES string of the molecule is COc1cc(OC)cc(C(=O)NCC(=O)NCc2ccc(OCC(F)(F)F)cc2)c1. The molecule has 0 aliphatic rings. The summed E-state index contributed by atoms with van der Waals surface area (Å²) < 4.78 is 51.2. The van der Waals surface area contributed by atoms with Gasteiger partial charge in [-0.05, 0) is 29.8 Å². The molecule has 2 N–H and O–H groups in total. The Hall–Kier alpha value is -3.43. The topological polar surface area (TPSA) is 85.9 Å². The van der Waals surface area contributed by atoms with E-state index in [1.54, 1.807) is 6.07 Å². The molecule has 0 unspecified atom stereocenters. The zero-order valence-corrected chi connectivity index (χ0v) is 16.3. The van der Waals surface area contributed by atoms with E-state index in [9.17, 15) is 22.8 Å². The number of hydrogen-bond donors (Lipinski definition) is 2. The smallest absolute Gasteiger partial charge is 0.422 e. The first-order valence-electron chi connectivity index (χ1n) is 8.76. The molecular weight excluding hydrogens is 405 g/mol. The second-order valence-corrected chi connectivity index (χ2v) is 6.11. The van der Waals surface area contributed by atoms with Crippen molar-refractivity contribution in [1.82, 2.24) is 10.6 Å². The number of rotatable bonds is 9. The number of halogens is 3. The molecule has 10 heteroatoms. The Morgan fingerprint density at radius 1 is 0.900 bits per heavy atom. The number of alkyl halides is 3. The first kappa shape index (κ1) is 22.9. The molecular formula is C20H21F3N2O5. The van der Waals surface area contributed by atoms with Crippen molar-refractivity contribution < 1.29 is 37.0 Å². The van der Waals surface area contributed by atoms with Gasteiger partial charge in [-0.1, -0.05) is 12.1 Å². The highest BCUT2D eigenvalue weighted by atomic mass is 19.4. The Bertz CT molecular complexity index is 847. The fourth-order valence-electron chi connectivity index (χ4n) is 2.33. The van der Waals surface area contributed by atoms with Gasteiger partial charge in [-0.15, -0.1) is 0 Å². The van der Waals surface area contributed by atoms with Crippen molar-refractivity contribution in [2.75, 3.05) is 27.4 Å². The van der Waals surface area contributed by atoms with Crippen molar-refractivity contribution >= 4 is 11.8 Å². The molecule has 7 nitrogen and oxygen atoms in total. The Labute approximate surface area is 171 Å². The highest BCUT2D eigenvalue weighted by molar-refractivity contribution is 5.97. The third-order valence-electron chi connectivity index (χ3n) is 3.84. The lowest BCUT2D eigenvalue weighted by Gasteiger charge is -2.11. The molecule has 2 aromatic carbocycles. The van der Waals surface area contributed by atoms with Gasteiger partial charge in [0.1, 0.15) is 17.2 Å². The molecule has 162 valence electrons. The second-order valence-electron chi connectivity index (χ2n) is 6.11. The lowest BCUT2D eigenvalue weighted by molar-refractivity contribution is -0.153. The van der Waals surface area contributed by atoms with Crippen LogP contribution in [0.5, 0.6) is 17.2 Å². The van der Waals surface area contributed by atoms with Gasteiger partial charge in [0.05, 0.1) is 20.8 Å². The van der Waals surface area contributed by atoms with Crippen molar-refractivity contribution in [2.45, 2.75) is 12.7 Å². The van der Waals surface area contributed by atoms with Crippen molar-refractivity contribution in [3.05, 3.63) is 53.6 Å². The third kappa shape index (κ3) is 7.53. The van der Waals surface area contributed by atoms with Gasteiger partial charge >= 0.3 is 6.18 Å². The molecule has 0 aliphatic carbocycles. The quantitative estimate of drug-likeness (QED) is 0.644. The molecule has 0 bridgehead atoms. The first-order chi connectivity index (χ1) is 14.2. The van der Waals surface area contributed by atoms with Gasteiger partial charge in [0.15, 0.2) is 6.61 Å². The summed E-state index contributed by atoms with van der Waals surface area (Å²) in [7, 11) is 2.91. The van der Waals surface area contributed by atoms with Crippen LogP contribution in [0.4, 0.5) is 13.2 Å². The number of methoxy groups -OCH3 is 2. The molecule has 0 radical (unpaired) electrons. The molecule has 30 heavy (non-hydrogen) atoms. The molecule has 0 heterocycles. The Morgan fingerprint density at radius 3 is 2.03 bits per heavy atom. The monoisotopic (exact) mass is 426 g/mol. The van der Waals surface area contributed by atoms with Crippen LogP contribution in [0.3, 0.4) is 0 Å². The lowest BCUT2D eigenvalue weighted by Crippen LogP contribution is -2.36. The van der Waals surface area contributed by atoms with Crippen LogP contribution in [-0.4, -0.2) is 45.4 Å². The zero-order chi connectivity index (χ0) is 22.1. The Morgan fingerprint density at radius 2 is 1.50 bits per heavy atom. The average molecular weight is 426 g/mol. The van der Waals surface area contributed by atoms with Gasteiger partial charge in [0.2, 0.25) is 5.91 Å². The van der Waals surface area contributed by atoms with Crippen molar-refractivity contribution in [3.63, 3.8) is 0 Å². The van der Waals surface area contributed by atoms with Gasteiger partial charge in [0, 0.05) is 18.2 Å². The summed E-state index contributed by atoms with van der Waals surface area (Å²) in [6.07, 6.45) is -4.41. The summed E-state index contributed by atoms with van der Waals surface area (Å²) >= 11 is 0. The molecule has 0 aromatic heterocycles. The summed E-state index contributed by atoms with van der Waals surface area (Å²) in [6.45, 7) is -1.49. The molecule has 2 aromatic rings. The number of carbonyl (C=O) groups is 2. The lowest BCUT2D eigenvalue weighted by atomic mass is 10.2. The van der Waals surface area contributed by atoms with Gasteiger partial charge in [-0.3, -0.25) is 9.59 Å². The van der Waals surface area contributed by atoms with Crippen LogP contribution in [0.2, 0.25) is 0 Å². The maximum atomic E-state index is 12.2. The van der Waals surface area contributed by atoms with Crippen LogP contribution in [-0.2, 0) is 11.3 Å². The van der Waals surface area contributed by atoms with Gasteiger partial charge in [0.25, 0.3) is 5.91 Å². The minimum atomic E-state index is -4.41. The van der Waals surface area contributed by atoms with Gasteiger partial charge in [-0.2, -0.15) is 13.2 Å². The molecule has 2 amide bonds. The van der Waals surface area contributed by atoms with E-state index in [1.807, 2.05) is 0 Å². The zero-order valence-electron chi connectivity index (χ0n) is 16.3. The predicted molar refractivity (Wildman–Crippen MR) is 102 cm³/mol. The number of amides is 2. The van der Waals surface area contributed by atoms with E-state index in [1.165, 1.54) is 50.6 Å². The number of benzene rings is 2. The molecule has 0 aliphatic heterocycles. The van der Waals surface area contributed by atoms with Crippen molar-refractivity contribution in [2.24, 2.45) is 0 Å². The van der Waals surface area contributed by atoms with E-state index in [0.717, 1.165) is 0 Å². The van der Waals surface area contributed by atoms with E-state index in [4.69, 9.17) is 9.47 Å². The highest BCUT2D eigenvalue weighted by Crippen LogP contribution is 2.22. The van der Waals surface area contributed by atoms with E-state index in [-0.39, 0.29) is 24.4 Å². The molecule has 0 saturated heterocycles. The predicted octanol–water partition coefficient (Wildman–Crippen LogP) is 2.69. The summed E-state index contributed by atoms with van der Waals surface area (Å²) in [4.78, 5) is 24.2. The maximum absolute atomic E-state index is 12.2. The number of hydrogen-bond acceptors (Lipinski definition) is 5. The standard InChI is InChI=1S/C20H21F3N2O5/c1-28-16-7-14(8-17(9-16)29-2)19(27)25-11-18(26)24-10-13-3-5-15(6-4-13)30-12-20(21,22)23/h3-9H,10-12H2,1-2H3,(H,24,26)(H,25,27). The normalized spacial score (nSPS) is 10.8. The molecule has 0 spiro atoms. The molecule has 2 rings (SSSR count). The van der Waals surface area contributed by atoms with E-state index >= 15 is 0 Å². The van der Waals surface area contributed by atoms with Crippen molar-refractivity contribution in [3.8, 4) is 17.2 Å². The van der Waals surface area contributed by atoms with Crippen molar-refractivity contribution in [1.29, 1.82) is 0 Å². The molecule has 0 saturated carbocycles. The number of nitrogens with one attached hydrogen (secondary N) is 2. The maximum Gasteiger partial charge on any atom is 0.422 e. The van der Waals surface area contributed by atoms with E-state index in [0.29, 0.717) is 17.1 Å². The summed E-state index contributed by atoms with van der Waals surface area (Å²) in [5.74, 6) is 0.0331. The number of ether oxygens (including phenoxy) is 3. The minimum absolute atomic E-state index is 0.0726. The van der Waals surface area contributed by atoms with Crippen LogP contribution in [0.25, 0.3) is 0 Å². The number of carbonyl (C=O) groups excluding carboxylic acids is 2. The second kappa shape index (κ2) is 10.4. The molecule has 0 atom stereocenters. The van der Waals surface area contributed by atoms with E-state index in [2.05, 4.69) is 15.4 Å². The van der Waals surface area contributed by atoms with Crippen LogP contribution >= 0.6 is 0 Å². The van der Waals surface area contributed by atoms with Gasteiger partial charge in [-0.25, -0.2) is 0 Å². The van der Waals surface area contributed by atoms with E-state index < -0.39 is 24.6 Å². The highest BCUT2D eigenvalue weighted by Gasteiger charge is 2.28. The van der Waals surface area contributed by atoms with Gasteiger partial charge < -0.3 is 24.8 Å². The summed E-state index contributed by atoms with van der Waals surface area (Å²) in [5, 5.41) is 5.09.